The number of urea groups is 1. The smallest absolute Gasteiger partial charge is 0.315 e. The van der Waals surface area contributed by atoms with Crippen LogP contribution >= 0.6 is 27.3 Å². The Bertz CT molecular complexity index is 300. The maximum Gasteiger partial charge on any atom is 0.315 e. The minimum atomic E-state index is -0.368. The minimum Gasteiger partial charge on any atom is -0.351 e. The molecule has 0 aromatic carbocycles. The first kappa shape index (κ1) is 10.5. The Hall–Kier alpha value is -0.550. The Morgan fingerprint density at radius 3 is 2.77 bits per heavy atom. The lowest BCUT2D eigenvalue weighted by Crippen LogP contribution is -2.34. The maximum absolute atomic E-state index is 10.9. The Morgan fingerprint density at radius 2 is 2.38 bits per heavy atom. The Balaban J connectivity index is 2.61. The van der Waals surface area contributed by atoms with E-state index in [1.807, 2.05) is 19.1 Å². The summed E-state index contributed by atoms with van der Waals surface area (Å²) >= 11 is 4.98. The van der Waals surface area contributed by atoms with Crippen molar-refractivity contribution in [3.8, 4) is 0 Å². The van der Waals surface area contributed by atoms with Gasteiger partial charge in [-0.15, -0.1) is 11.3 Å². The molecule has 0 saturated heterocycles. The van der Waals surface area contributed by atoms with Crippen LogP contribution < -0.4 is 5.73 Å². The predicted molar refractivity (Wildman–Crippen MR) is 57.7 cm³/mol. The second-order valence-corrected chi connectivity index (χ2v) is 5.11. The molecule has 0 aliphatic heterocycles. The predicted octanol–water partition coefficient (Wildman–Crippen LogP) is 2.41. The number of halogens is 1. The number of amides is 2. The first-order valence-corrected chi connectivity index (χ1v) is 5.53. The van der Waals surface area contributed by atoms with Gasteiger partial charge in [0, 0.05) is 11.4 Å². The number of hydrogen-bond donors (Lipinski definition) is 1. The molecule has 3 nitrogen and oxygen atoms in total. The number of nitrogens with two attached hydrogens (primary N) is 1. The van der Waals surface area contributed by atoms with Gasteiger partial charge in [0.25, 0.3) is 0 Å². The van der Waals surface area contributed by atoms with Gasteiger partial charge in [0.05, 0.1) is 10.3 Å². The van der Waals surface area contributed by atoms with Gasteiger partial charge in [-0.25, -0.2) is 4.79 Å². The normalized spacial score (nSPS) is 10.0. The monoisotopic (exact) mass is 262 g/mol. The van der Waals surface area contributed by atoms with Crippen molar-refractivity contribution in [3.63, 3.8) is 0 Å². The molecule has 0 spiro atoms. The third-order valence-corrected chi connectivity index (χ3v) is 3.28. The summed E-state index contributed by atoms with van der Waals surface area (Å²) in [5.41, 5.74) is 5.18. The summed E-state index contributed by atoms with van der Waals surface area (Å²) in [4.78, 5) is 13.6. The van der Waals surface area contributed by atoms with Crippen LogP contribution in [0.4, 0.5) is 4.79 Å². The highest BCUT2D eigenvalue weighted by Crippen LogP contribution is 2.23. The fourth-order valence-corrected chi connectivity index (χ4v) is 2.47. The van der Waals surface area contributed by atoms with Crippen molar-refractivity contribution in [1.29, 1.82) is 0 Å². The van der Waals surface area contributed by atoms with Crippen molar-refractivity contribution in [2.45, 2.75) is 13.5 Å². The van der Waals surface area contributed by atoms with E-state index in [2.05, 4.69) is 15.9 Å². The van der Waals surface area contributed by atoms with Crippen molar-refractivity contribution in [2.75, 3.05) is 6.54 Å². The molecule has 0 bridgehead atoms. The maximum atomic E-state index is 10.9. The summed E-state index contributed by atoms with van der Waals surface area (Å²) in [6.07, 6.45) is 0. The largest absolute Gasteiger partial charge is 0.351 e. The molecule has 1 aromatic heterocycles. The number of thiophene rings is 1. The third-order valence-electron chi connectivity index (χ3n) is 1.67. The molecule has 1 aromatic rings. The van der Waals surface area contributed by atoms with E-state index in [0.29, 0.717) is 13.1 Å². The number of rotatable bonds is 3. The van der Waals surface area contributed by atoms with Crippen LogP contribution in [0.2, 0.25) is 0 Å². The molecule has 1 rings (SSSR count). The van der Waals surface area contributed by atoms with E-state index in [1.165, 1.54) is 0 Å². The van der Waals surface area contributed by atoms with E-state index in [-0.39, 0.29) is 6.03 Å². The van der Waals surface area contributed by atoms with E-state index in [0.717, 1.165) is 8.66 Å². The van der Waals surface area contributed by atoms with Crippen LogP contribution in [0.3, 0.4) is 0 Å². The number of hydrogen-bond acceptors (Lipinski definition) is 2. The van der Waals surface area contributed by atoms with Crippen LogP contribution in [0, 0.1) is 0 Å². The molecule has 5 heteroatoms. The quantitative estimate of drug-likeness (QED) is 0.894. The van der Waals surface area contributed by atoms with E-state index in [1.54, 1.807) is 16.2 Å². The molecule has 72 valence electrons. The number of primary amides is 1. The van der Waals surface area contributed by atoms with Crippen molar-refractivity contribution < 1.29 is 4.79 Å². The van der Waals surface area contributed by atoms with E-state index >= 15 is 0 Å². The third kappa shape index (κ3) is 3.00. The second-order valence-electron chi connectivity index (χ2n) is 2.56. The van der Waals surface area contributed by atoms with Crippen molar-refractivity contribution in [2.24, 2.45) is 5.73 Å². The first-order chi connectivity index (χ1) is 6.13. The highest BCUT2D eigenvalue weighted by atomic mass is 79.9. The van der Waals surface area contributed by atoms with Gasteiger partial charge in [0.2, 0.25) is 0 Å². The van der Waals surface area contributed by atoms with Crippen LogP contribution in [0.25, 0.3) is 0 Å². The van der Waals surface area contributed by atoms with Gasteiger partial charge < -0.3 is 10.6 Å². The molecule has 0 radical (unpaired) electrons. The molecule has 0 unspecified atom stereocenters. The van der Waals surface area contributed by atoms with Crippen LogP contribution in [0.1, 0.15) is 11.8 Å². The van der Waals surface area contributed by atoms with Crippen LogP contribution in [-0.4, -0.2) is 17.5 Å². The van der Waals surface area contributed by atoms with Crippen molar-refractivity contribution >= 4 is 33.3 Å². The van der Waals surface area contributed by atoms with Crippen molar-refractivity contribution in [3.05, 3.63) is 20.8 Å². The molecule has 2 N–H and O–H groups in total. The zero-order chi connectivity index (χ0) is 9.84. The molecule has 0 fully saturated rings. The van der Waals surface area contributed by atoms with Crippen LogP contribution in [0.5, 0.6) is 0 Å². The highest BCUT2D eigenvalue weighted by molar-refractivity contribution is 9.11. The van der Waals surface area contributed by atoms with Gasteiger partial charge in [-0.1, -0.05) is 0 Å². The fraction of sp³-hybridized carbons (Fsp3) is 0.375. The molecule has 13 heavy (non-hydrogen) atoms. The number of carbonyl (C=O) groups is 1. The lowest BCUT2D eigenvalue weighted by Gasteiger charge is -2.16. The van der Waals surface area contributed by atoms with Gasteiger partial charge in [-0.2, -0.15) is 0 Å². The Kier molecular flexibility index (Phi) is 3.74. The number of nitrogens with zero attached hydrogens (tertiary/aromatic N) is 1. The topological polar surface area (TPSA) is 46.3 Å². The van der Waals surface area contributed by atoms with E-state index < -0.39 is 0 Å². The second kappa shape index (κ2) is 4.62. The zero-order valence-corrected chi connectivity index (χ0v) is 9.69. The molecule has 0 atom stereocenters. The standard InChI is InChI=1S/C8H11BrN2OS/c1-2-11(8(10)12)5-6-3-4-7(9)13-6/h3-4H,2,5H2,1H3,(H2,10,12). The molecule has 0 aliphatic rings. The van der Waals surface area contributed by atoms with E-state index in [9.17, 15) is 4.79 Å². The first-order valence-electron chi connectivity index (χ1n) is 3.92. The van der Waals surface area contributed by atoms with Crippen molar-refractivity contribution in [1.82, 2.24) is 4.90 Å². The van der Waals surface area contributed by atoms with Gasteiger partial charge in [-0.05, 0) is 35.0 Å². The summed E-state index contributed by atoms with van der Waals surface area (Å²) in [7, 11) is 0. The van der Waals surface area contributed by atoms with E-state index in [4.69, 9.17) is 5.73 Å². The van der Waals surface area contributed by atoms with Gasteiger partial charge in [0.15, 0.2) is 0 Å². The summed E-state index contributed by atoms with van der Waals surface area (Å²) in [5.74, 6) is 0. The van der Waals surface area contributed by atoms with Gasteiger partial charge in [0.1, 0.15) is 0 Å². The molecule has 1 heterocycles. The highest BCUT2D eigenvalue weighted by Gasteiger charge is 2.08. The molecule has 0 saturated carbocycles. The fourth-order valence-electron chi connectivity index (χ4n) is 0.970. The Morgan fingerprint density at radius 1 is 1.69 bits per heavy atom. The molecule has 2 amide bonds. The average Bonchev–Trinajstić information content (AvgIpc) is 2.46. The van der Waals surface area contributed by atoms with Gasteiger partial charge >= 0.3 is 6.03 Å². The minimum absolute atomic E-state index is 0.368. The number of carbonyl (C=O) groups excluding carboxylic acids is 1. The average molecular weight is 263 g/mol. The van der Waals surface area contributed by atoms with Gasteiger partial charge in [-0.3, -0.25) is 0 Å². The summed E-state index contributed by atoms with van der Waals surface area (Å²) in [6, 6.07) is 3.59. The SMILES string of the molecule is CCN(Cc1ccc(Br)s1)C(N)=O. The summed E-state index contributed by atoms with van der Waals surface area (Å²) < 4.78 is 1.07. The van der Waals surface area contributed by atoms with Crippen LogP contribution in [-0.2, 0) is 6.54 Å². The van der Waals surface area contributed by atoms with Crippen LogP contribution in [0.15, 0.2) is 15.9 Å². The summed E-state index contributed by atoms with van der Waals surface area (Å²) in [6.45, 7) is 3.15. The molecule has 0 aliphatic carbocycles. The lowest BCUT2D eigenvalue weighted by molar-refractivity contribution is 0.208. The Labute approximate surface area is 89.7 Å². The molecular weight excluding hydrogens is 252 g/mol. The summed E-state index contributed by atoms with van der Waals surface area (Å²) in [5, 5.41) is 0. The molecular formula is C8H11BrN2OS. The zero-order valence-electron chi connectivity index (χ0n) is 7.29. The lowest BCUT2D eigenvalue weighted by atomic mass is 10.4.